The Morgan fingerprint density at radius 1 is 1.33 bits per heavy atom. The molecule has 68 valence electrons. The van der Waals surface area contributed by atoms with E-state index in [1.165, 1.54) is 18.2 Å². The highest BCUT2D eigenvalue weighted by Crippen LogP contribution is 2.04. The van der Waals surface area contributed by atoms with Gasteiger partial charge in [0, 0.05) is 0 Å². The first-order valence-corrected chi connectivity index (χ1v) is 4.30. The molecule has 5 nitrogen and oxygen atoms in total. The molecule has 1 heterocycles. The van der Waals surface area contributed by atoms with Crippen LogP contribution in [0.5, 0.6) is 0 Å². The lowest BCUT2D eigenvalue weighted by Gasteiger charge is -1.96. The highest BCUT2D eigenvalue weighted by atomic mass is 35.5. The highest BCUT2D eigenvalue weighted by Gasteiger charge is 2.07. The molecule has 1 rings (SSSR count). The zero-order valence-electron chi connectivity index (χ0n) is 5.97. The molecule has 0 amide bonds. The monoisotopic (exact) mass is 209 g/mol. The van der Waals surface area contributed by atoms with Gasteiger partial charge in [-0.2, -0.15) is 0 Å². The summed E-state index contributed by atoms with van der Waals surface area (Å²) >= 11 is 0. The van der Waals surface area contributed by atoms with E-state index in [2.05, 4.69) is 4.98 Å². The molecule has 0 aliphatic carbocycles. The Balaban J connectivity index is 0.00000121. The minimum Gasteiger partial charge on any atom is -0.384 e. The van der Waals surface area contributed by atoms with E-state index in [4.69, 9.17) is 10.9 Å². The van der Waals surface area contributed by atoms with E-state index in [0.29, 0.717) is 0 Å². The fourth-order valence-electron chi connectivity index (χ4n) is 0.589. The Hall–Kier alpha value is -0.850. The van der Waals surface area contributed by atoms with E-state index < -0.39 is 10.0 Å². The topological polar surface area (TPSA) is 99.1 Å². The van der Waals surface area contributed by atoms with Crippen LogP contribution < -0.4 is 10.9 Å². The van der Waals surface area contributed by atoms with E-state index in [1.54, 1.807) is 0 Å². The van der Waals surface area contributed by atoms with E-state index in [0.717, 1.165) is 0 Å². The van der Waals surface area contributed by atoms with Crippen molar-refractivity contribution >= 4 is 28.2 Å². The van der Waals surface area contributed by atoms with Crippen LogP contribution in [0.3, 0.4) is 0 Å². The molecule has 0 spiro atoms. The molecule has 4 N–H and O–H groups in total. The molecule has 0 radical (unpaired) electrons. The van der Waals surface area contributed by atoms with Crippen molar-refractivity contribution in [2.75, 3.05) is 5.73 Å². The van der Waals surface area contributed by atoms with Crippen LogP contribution >= 0.6 is 12.4 Å². The molecule has 0 atom stereocenters. The van der Waals surface area contributed by atoms with E-state index >= 15 is 0 Å². The number of rotatable bonds is 1. The lowest BCUT2D eigenvalue weighted by Crippen LogP contribution is -2.14. The second kappa shape index (κ2) is 3.70. The predicted octanol–water partition coefficient (Wildman–Crippen LogP) is -0.267. The van der Waals surface area contributed by atoms with Gasteiger partial charge in [-0.25, -0.2) is 18.5 Å². The van der Waals surface area contributed by atoms with Crippen molar-refractivity contribution in [3.8, 4) is 0 Å². The molecule has 0 aliphatic heterocycles. The third kappa shape index (κ3) is 2.65. The van der Waals surface area contributed by atoms with Crippen molar-refractivity contribution < 1.29 is 8.42 Å². The minimum atomic E-state index is -3.72. The van der Waals surface area contributed by atoms with Crippen LogP contribution in [0.15, 0.2) is 23.2 Å². The Kier molecular flexibility index (Phi) is 3.44. The van der Waals surface area contributed by atoms with Crippen LogP contribution in [0.25, 0.3) is 0 Å². The number of nitrogens with two attached hydrogens (primary N) is 2. The molecule has 0 aromatic carbocycles. The maximum atomic E-state index is 10.6. The molecule has 7 heteroatoms. The Bertz CT molecular complexity index is 365. The Morgan fingerprint density at radius 2 is 1.92 bits per heavy atom. The first-order valence-electron chi connectivity index (χ1n) is 2.75. The third-order valence-electron chi connectivity index (χ3n) is 1.04. The van der Waals surface area contributed by atoms with Gasteiger partial charge in [0.25, 0.3) is 10.0 Å². The first-order chi connectivity index (χ1) is 5.00. The number of pyridine rings is 1. The molecule has 0 unspecified atom stereocenters. The summed E-state index contributed by atoms with van der Waals surface area (Å²) in [6, 6.07) is 4.24. The van der Waals surface area contributed by atoms with Crippen LogP contribution in [0, 0.1) is 0 Å². The molecule has 0 fully saturated rings. The second-order valence-electron chi connectivity index (χ2n) is 1.95. The number of nitrogen functional groups attached to an aromatic ring is 1. The average molecular weight is 210 g/mol. The van der Waals surface area contributed by atoms with Crippen molar-refractivity contribution in [3.63, 3.8) is 0 Å². The number of sulfonamides is 1. The van der Waals surface area contributed by atoms with E-state index in [9.17, 15) is 8.42 Å². The first kappa shape index (κ1) is 11.2. The minimum absolute atomic E-state index is 0. The third-order valence-corrected chi connectivity index (χ3v) is 1.85. The van der Waals surface area contributed by atoms with Crippen molar-refractivity contribution in [3.05, 3.63) is 18.2 Å². The van der Waals surface area contributed by atoms with Crippen molar-refractivity contribution in [1.29, 1.82) is 0 Å². The van der Waals surface area contributed by atoms with Gasteiger partial charge in [-0.05, 0) is 12.1 Å². The molecular weight excluding hydrogens is 202 g/mol. The highest BCUT2D eigenvalue weighted by molar-refractivity contribution is 7.89. The van der Waals surface area contributed by atoms with Gasteiger partial charge in [0.15, 0.2) is 5.03 Å². The lowest BCUT2D eigenvalue weighted by atomic mass is 10.5. The summed E-state index contributed by atoms with van der Waals surface area (Å²) < 4.78 is 21.3. The van der Waals surface area contributed by atoms with Gasteiger partial charge in [0.1, 0.15) is 5.82 Å². The van der Waals surface area contributed by atoms with Crippen molar-refractivity contribution in [1.82, 2.24) is 4.98 Å². The molecule has 1 aromatic heterocycles. The van der Waals surface area contributed by atoms with Crippen LogP contribution in [0.4, 0.5) is 5.82 Å². The summed E-state index contributed by atoms with van der Waals surface area (Å²) in [4.78, 5) is 3.51. The van der Waals surface area contributed by atoms with Gasteiger partial charge < -0.3 is 5.73 Å². The van der Waals surface area contributed by atoms with Gasteiger partial charge in [-0.15, -0.1) is 12.4 Å². The van der Waals surface area contributed by atoms with Gasteiger partial charge in [0.2, 0.25) is 0 Å². The number of primary sulfonamides is 1. The van der Waals surface area contributed by atoms with Crippen LogP contribution in [-0.4, -0.2) is 13.4 Å². The fraction of sp³-hybridized carbons (Fsp3) is 0. The largest absolute Gasteiger partial charge is 0.384 e. The van der Waals surface area contributed by atoms with E-state index in [-0.39, 0.29) is 23.3 Å². The fourth-order valence-corrected chi connectivity index (χ4v) is 1.09. The quantitative estimate of drug-likeness (QED) is 0.665. The standard InChI is InChI=1S/C5H7N3O2S.ClH/c6-4-2-1-3-5(8-4)11(7,9)10;/h1-3H,(H2,6,8)(H2,7,9,10);1H. The number of nitrogens with zero attached hydrogens (tertiary/aromatic N) is 1. The van der Waals surface area contributed by atoms with Gasteiger partial charge in [0.05, 0.1) is 0 Å². The summed E-state index contributed by atoms with van der Waals surface area (Å²) in [7, 11) is -3.72. The Labute approximate surface area is 76.2 Å². The molecule has 1 aromatic rings. The molecule has 0 bridgehead atoms. The molecule has 12 heavy (non-hydrogen) atoms. The van der Waals surface area contributed by atoms with Gasteiger partial charge >= 0.3 is 0 Å². The predicted molar refractivity (Wildman–Crippen MR) is 47.3 cm³/mol. The molecule has 0 aliphatic rings. The number of hydrogen-bond acceptors (Lipinski definition) is 4. The summed E-state index contributed by atoms with van der Waals surface area (Å²) in [6.07, 6.45) is 0. The second-order valence-corrected chi connectivity index (χ2v) is 3.45. The van der Waals surface area contributed by atoms with Gasteiger partial charge in [-0.3, -0.25) is 0 Å². The maximum absolute atomic E-state index is 10.6. The molecule has 0 saturated heterocycles. The SMILES string of the molecule is Cl.Nc1cccc(S(N)(=O)=O)n1. The lowest BCUT2D eigenvalue weighted by molar-refractivity contribution is 0.594. The number of anilines is 1. The average Bonchev–Trinajstić information content (AvgIpc) is 1.86. The smallest absolute Gasteiger partial charge is 0.255 e. The summed E-state index contributed by atoms with van der Waals surface area (Å²) in [5.41, 5.74) is 5.22. The zero-order chi connectivity index (χ0) is 8.48. The molecular formula is C5H8ClN3O2S. The molecule has 0 saturated carbocycles. The van der Waals surface area contributed by atoms with E-state index in [1.807, 2.05) is 0 Å². The maximum Gasteiger partial charge on any atom is 0.255 e. The van der Waals surface area contributed by atoms with Crippen molar-refractivity contribution in [2.45, 2.75) is 5.03 Å². The van der Waals surface area contributed by atoms with Crippen LogP contribution in [-0.2, 0) is 10.0 Å². The number of aromatic nitrogens is 1. The summed E-state index contributed by atoms with van der Waals surface area (Å²) in [5.74, 6) is 0.136. The van der Waals surface area contributed by atoms with Gasteiger partial charge in [-0.1, -0.05) is 6.07 Å². The Morgan fingerprint density at radius 3 is 2.25 bits per heavy atom. The van der Waals surface area contributed by atoms with Crippen molar-refractivity contribution in [2.24, 2.45) is 5.14 Å². The number of hydrogen-bond donors (Lipinski definition) is 2. The summed E-state index contributed by atoms with van der Waals surface area (Å²) in [6.45, 7) is 0. The summed E-state index contributed by atoms with van der Waals surface area (Å²) in [5, 5.41) is 4.57. The zero-order valence-corrected chi connectivity index (χ0v) is 7.60. The normalized spacial score (nSPS) is 10.4. The van der Waals surface area contributed by atoms with Crippen LogP contribution in [0.2, 0.25) is 0 Å². The van der Waals surface area contributed by atoms with Crippen LogP contribution in [0.1, 0.15) is 0 Å². The number of halogens is 1.